The van der Waals surface area contributed by atoms with Gasteiger partial charge in [0.2, 0.25) is 0 Å². The van der Waals surface area contributed by atoms with Crippen LogP contribution in [0.4, 0.5) is 4.79 Å². The van der Waals surface area contributed by atoms with E-state index in [9.17, 15) is 4.79 Å². The molecule has 0 saturated heterocycles. The maximum Gasteiger partial charge on any atom is 0.407 e. The van der Waals surface area contributed by atoms with Crippen molar-refractivity contribution in [2.75, 3.05) is 6.54 Å². The molecule has 0 fully saturated rings. The molecule has 88 valence electrons. The van der Waals surface area contributed by atoms with Crippen LogP contribution in [0.2, 0.25) is 0 Å². The number of hydrogen-bond donors (Lipinski definition) is 2. The molecule has 16 heavy (non-hydrogen) atoms. The molecule has 0 aromatic carbocycles. The molecular weight excluding hydrogens is 204 g/mol. The summed E-state index contributed by atoms with van der Waals surface area (Å²) in [6.07, 6.45) is 7.12. The first-order valence-corrected chi connectivity index (χ1v) is 5.23. The lowest BCUT2D eigenvalue weighted by Crippen LogP contribution is -2.32. The maximum absolute atomic E-state index is 11.2. The first-order chi connectivity index (χ1) is 7.47. The number of alkyl carbamates (subject to hydrolysis) is 1. The van der Waals surface area contributed by atoms with E-state index in [4.69, 9.17) is 4.74 Å². The minimum atomic E-state index is -0.450. The lowest BCUT2D eigenvalue weighted by atomic mass is 10.2. The highest BCUT2D eigenvalue weighted by Crippen LogP contribution is 2.06. The Balaban J connectivity index is 2.23. The van der Waals surface area contributed by atoms with Crippen molar-refractivity contribution in [3.8, 4) is 0 Å². The Morgan fingerprint density at radius 3 is 2.88 bits per heavy atom. The van der Waals surface area contributed by atoms with Crippen LogP contribution in [0.3, 0.4) is 0 Å². The summed E-state index contributed by atoms with van der Waals surface area (Å²) in [4.78, 5) is 14.2. The Morgan fingerprint density at radius 2 is 2.31 bits per heavy atom. The minimum Gasteiger partial charge on any atom is -0.444 e. The van der Waals surface area contributed by atoms with Crippen molar-refractivity contribution in [1.29, 1.82) is 0 Å². The van der Waals surface area contributed by atoms with Crippen LogP contribution in [0.1, 0.15) is 26.3 Å². The van der Waals surface area contributed by atoms with E-state index in [1.165, 1.54) is 0 Å². The summed E-state index contributed by atoms with van der Waals surface area (Å²) >= 11 is 0. The molecule has 1 aromatic rings. The highest BCUT2D eigenvalue weighted by atomic mass is 16.6. The quantitative estimate of drug-likeness (QED) is 0.825. The number of aromatic nitrogens is 1. The zero-order chi connectivity index (χ0) is 12.0. The van der Waals surface area contributed by atoms with Crippen molar-refractivity contribution in [3.63, 3.8) is 0 Å². The topological polar surface area (TPSA) is 54.1 Å². The predicted octanol–water partition coefficient (Wildman–Crippen LogP) is 2.55. The Kier molecular flexibility index (Phi) is 4.17. The van der Waals surface area contributed by atoms with Gasteiger partial charge in [0, 0.05) is 18.9 Å². The average molecular weight is 222 g/mol. The molecule has 0 aliphatic rings. The molecule has 0 unspecified atom stereocenters. The second-order valence-corrected chi connectivity index (χ2v) is 4.43. The lowest BCUT2D eigenvalue weighted by molar-refractivity contribution is 0.0534. The summed E-state index contributed by atoms with van der Waals surface area (Å²) < 4.78 is 5.08. The standard InChI is InChI=1S/C12H18N2O2/c1-12(2,3)16-11(15)14-7-4-5-10-6-8-13-9-10/h4-6,8-9,13H,7H2,1-3H3,(H,14,15). The number of amides is 1. The molecule has 0 atom stereocenters. The van der Waals surface area contributed by atoms with Gasteiger partial charge in [-0.3, -0.25) is 0 Å². The largest absolute Gasteiger partial charge is 0.444 e. The van der Waals surface area contributed by atoms with Crippen LogP contribution >= 0.6 is 0 Å². The van der Waals surface area contributed by atoms with Crippen LogP contribution in [-0.2, 0) is 4.74 Å². The van der Waals surface area contributed by atoms with Gasteiger partial charge in [-0.25, -0.2) is 4.79 Å². The van der Waals surface area contributed by atoms with Gasteiger partial charge < -0.3 is 15.0 Å². The fourth-order valence-corrected chi connectivity index (χ4v) is 1.09. The summed E-state index contributed by atoms with van der Waals surface area (Å²) in [5, 5.41) is 2.64. The van der Waals surface area contributed by atoms with Crippen molar-refractivity contribution in [1.82, 2.24) is 10.3 Å². The van der Waals surface area contributed by atoms with Gasteiger partial charge in [0.05, 0.1) is 0 Å². The van der Waals surface area contributed by atoms with E-state index >= 15 is 0 Å². The zero-order valence-electron chi connectivity index (χ0n) is 9.91. The third kappa shape index (κ3) is 5.24. The molecule has 0 aliphatic heterocycles. The number of aromatic amines is 1. The number of carbonyl (C=O) groups is 1. The fourth-order valence-electron chi connectivity index (χ4n) is 1.09. The van der Waals surface area contributed by atoms with Crippen LogP contribution in [0.5, 0.6) is 0 Å². The molecule has 0 spiro atoms. The third-order valence-electron chi connectivity index (χ3n) is 1.70. The van der Waals surface area contributed by atoms with Gasteiger partial charge in [-0.05, 0) is 32.4 Å². The Hall–Kier alpha value is -1.71. The first-order valence-electron chi connectivity index (χ1n) is 5.23. The molecule has 1 rings (SSSR count). The van der Waals surface area contributed by atoms with E-state index in [-0.39, 0.29) is 0 Å². The van der Waals surface area contributed by atoms with Gasteiger partial charge in [-0.2, -0.15) is 0 Å². The van der Waals surface area contributed by atoms with Crippen molar-refractivity contribution in [3.05, 3.63) is 30.1 Å². The summed E-state index contributed by atoms with van der Waals surface area (Å²) in [5.41, 5.74) is 0.625. The summed E-state index contributed by atoms with van der Waals surface area (Å²) in [6, 6.07) is 1.95. The molecule has 2 N–H and O–H groups in total. The van der Waals surface area contributed by atoms with E-state index in [0.717, 1.165) is 5.56 Å². The van der Waals surface area contributed by atoms with Crippen LogP contribution in [0.15, 0.2) is 24.5 Å². The van der Waals surface area contributed by atoms with Crippen LogP contribution in [-0.4, -0.2) is 23.2 Å². The molecule has 4 nitrogen and oxygen atoms in total. The molecule has 0 saturated carbocycles. The second-order valence-electron chi connectivity index (χ2n) is 4.43. The summed E-state index contributed by atoms with van der Waals surface area (Å²) in [5.74, 6) is 0. The van der Waals surface area contributed by atoms with Crippen LogP contribution in [0.25, 0.3) is 6.08 Å². The third-order valence-corrected chi connectivity index (χ3v) is 1.70. The highest BCUT2D eigenvalue weighted by Gasteiger charge is 2.14. The smallest absolute Gasteiger partial charge is 0.407 e. The van der Waals surface area contributed by atoms with Crippen molar-refractivity contribution >= 4 is 12.2 Å². The van der Waals surface area contributed by atoms with E-state index in [1.54, 1.807) is 0 Å². The Morgan fingerprint density at radius 1 is 1.56 bits per heavy atom. The molecule has 1 heterocycles. The molecular formula is C12H18N2O2. The number of carbonyl (C=O) groups excluding carboxylic acids is 1. The van der Waals surface area contributed by atoms with Crippen molar-refractivity contribution < 1.29 is 9.53 Å². The van der Waals surface area contributed by atoms with Crippen LogP contribution < -0.4 is 5.32 Å². The van der Waals surface area contributed by atoms with E-state index in [0.29, 0.717) is 6.54 Å². The SMILES string of the molecule is CC(C)(C)OC(=O)NCC=Cc1cc[nH]c1. The van der Waals surface area contributed by atoms with E-state index in [1.807, 2.05) is 51.4 Å². The van der Waals surface area contributed by atoms with Gasteiger partial charge in [-0.15, -0.1) is 0 Å². The van der Waals surface area contributed by atoms with Crippen molar-refractivity contribution in [2.24, 2.45) is 0 Å². The number of H-pyrrole nitrogens is 1. The van der Waals surface area contributed by atoms with Gasteiger partial charge in [0.25, 0.3) is 0 Å². The molecule has 0 bridgehead atoms. The second kappa shape index (κ2) is 5.39. The number of hydrogen-bond acceptors (Lipinski definition) is 2. The minimum absolute atomic E-state index is 0.397. The maximum atomic E-state index is 11.2. The molecule has 0 aliphatic carbocycles. The Bertz CT molecular complexity index is 348. The molecule has 1 aromatic heterocycles. The van der Waals surface area contributed by atoms with Crippen molar-refractivity contribution in [2.45, 2.75) is 26.4 Å². The number of rotatable bonds is 3. The summed E-state index contributed by atoms with van der Waals surface area (Å²) in [7, 11) is 0. The fraction of sp³-hybridized carbons (Fsp3) is 0.417. The van der Waals surface area contributed by atoms with Crippen LogP contribution in [0, 0.1) is 0 Å². The van der Waals surface area contributed by atoms with E-state index < -0.39 is 11.7 Å². The normalized spacial score (nSPS) is 11.7. The predicted molar refractivity (Wildman–Crippen MR) is 64.1 cm³/mol. The van der Waals surface area contributed by atoms with E-state index in [2.05, 4.69) is 10.3 Å². The number of nitrogens with one attached hydrogen (secondary N) is 2. The number of ether oxygens (including phenoxy) is 1. The van der Waals surface area contributed by atoms with Gasteiger partial charge in [0.1, 0.15) is 5.60 Å². The monoisotopic (exact) mass is 222 g/mol. The summed E-state index contributed by atoms with van der Waals surface area (Å²) in [6.45, 7) is 5.97. The lowest BCUT2D eigenvalue weighted by Gasteiger charge is -2.19. The molecule has 0 radical (unpaired) electrons. The van der Waals surface area contributed by atoms with Gasteiger partial charge in [-0.1, -0.05) is 12.2 Å². The van der Waals surface area contributed by atoms with Gasteiger partial charge in [0.15, 0.2) is 0 Å². The Labute approximate surface area is 95.7 Å². The first kappa shape index (κ1) is 12.4. The average Bonchev–Trinajstić information content (AvgIpc) is 2.62. The highest BCUT2D eigenvalue weighted by molar-refractivity contribution is 5.68. The zero-order valence-corrected chi connectivity index (χ0v) is 9.91. The molecule has 1 amide bonds. The van der Waals surface area contributed by atoms with Gasteiger partial charge >= 0.3 is 6.09 Å². The molecule has 4 heteroatoms.